The molecule has 0 aliphatic rings. The second-order valence-electron chi connectivity index (χ2n) is 4.20. The van der Waals surface area contributed by atoms with Gasteiger partial charge in [-0.15, -0.1) is 0 Å². The van der Waals surface area contributed by atoms with Crippen molar-refractivity contribution in [1.82, 2.24) is 10.3 Å². The number of nitrogens with one attached hydrogen (secondary N) is 2. The van der Waals surface area contributed by atoms with E-state index in [2.05, 4.69) is 10.3 Å². The number of aromatic nitrogens is 1. The maximum absolute atomic E-state index is 11.8. The summed E-state index contributed by atoms with van der Waals surface area (Å²) in [5.41, 5.74) is -0.521. The van der Waals surface area contributed by atoms with Gasteiger partial charge in [-0.3, -0.25) is 9.59 Å². The molecule has 1 aromatic rings. The third-order valence-corrected chi connectivity index (χ3v) is 1.97. The van der Waals surface area contributed by atoms with Crippen LogP contribution in [0.3, 0.4) is 0 Å². The fraction of sp³-hybridized carbons (Fsp3) is 0.455. The van der Waals surface area contributed by atoms with Gasteiger partial charge < -0.3 is 15.0 Å². The Bertz CT molecular complexity index is 423. The Morgan fingerprint density at radius 1 is 1.50 bits per heavy atom. The molecule has 1 rings (SSSR count). The highest BCUT2D eigenvalue weighted by Crippen LogP contribution is 2.03. The highest BCUT2D eigenvalue weighted by Gasteiger charge is 2.21. The minimum atomic E-state index is -0.474. The van der Waals surface area contributed by atoms with Gasteiger partial charge in [0.25, 0.3) is 5.91 Å². The zero-order valence-electron chi connectivity index (χ0n) is 9.66. The summed E-state index contributed by atoms with van der Waals surface area (Å²) in [5.74, 6) is -0.320. The average molecular weight is 224 g/mol. The first-order valence-corrected chi connectivity index (χ1v) is 4.95. The SMILES string of the molecule is COCC(C)(C)NC(=O)c1cccc(=O)[nH]1. The van der Waals surface area contributed by atoms with E-state index >= 15 is 0 Å². The van der Waals surface area contributed by atoms with E-state index in [1.807, 2.05) is 13.8 Å². The summed E-state index contributed by atoms with van der Waals surface area (Å²) in [6.45, 7) is 4.08. The van der Waals surface area contributed by atoms with Gasteiger partial charge in [0, 0.05) is 13.2 Å². The van der Waals surface area contributed by atoms with Crippen LogP contribution in [0.15, 0.2) is 23.0 Å². The van der Waals surface area contributed by atoms with E-state index in [4.69, 9.17) is 4.74 Å². The third-order valence-electron chi connectivity index (χ3n) is 1.97. The van der Waals surface area contributed by atoms with Crippen LogP contribution in [0.4, 0.5) is 0 Å². The van der Waals surface area contributed by atoms with Gasteiger partial charge in [0.15, 0.2) is 0 Å². The van der Waals surface area contributed by atoms with Gasteiger partial charge in [-0.1, -0.05) is 6.07 Å². The highest BCUT2D eigenvalue weighted by atomic mass is 16.5. The van der Waals surface area contributed by atoms with Gasteiger partial charge in [-0.25, -0.2) is 0 Å². The smallest absolute Gasteiger partial charge is 0.268 e. The van der Waals surface area contributed by atoms with E-state index in [0.717, 1.165) is 0 Å². The Morgan fingerprint density at radius 3 is 2.75 bits per heavy atom. The van der Waals surface area contributed by atoms with Crippen LogP contribution in [-0.4, -0.2) is 30.1 Å². The van der Waals surface area contributed by atoms with Crippen LogP contribution in [0.2, 0.25) is 0 Å². The van der Waals surface area contributed by atoms with Crippen molar-refractivity contribution in [3.05, 3.63) is 34.2 Å². The van der Waals surface area contributed by atoms with Crippen molar-refractivity contribution >= 4 is 5.91 Å². The van der Waals surface area contributed by atoms with E-state index in [9.17, 15) is 9.59 Å². The van der Waals surface area contributed by atoms with Crippen molar-refractivity contribution < 1.29 is 9.53 Å². The van der Waals surface area contributed by atoms with Crippen LogP contribution in [0.1, 0.15) is 24.3 Å². The number of ether oxygens (including phenoxy) is 1. The molecule has 0 unspecified atom stereocenters. The lowest BCUT2D eigenvalue weighted by Crippen LogP contribution is -2.47. The molecule has 88 valence electrons. The molecule has 0 atom stereocenters. The number of rotatable bonds is 4. The standard InChI is InChI=1S/C11H16N2O3/c1-11(2,7-16-3)13-10(15)8-5-4-6-9(14)12-8/h4-6H,7H2,1-3H3,(H,12,14)(H,13,15). The minimum absolute atomic E-state index is 0.247. The lowest BCUT2D eigenvalue weighted by molar-refractivity contribution is 0.0815. The molecule has 0 spiro atoms. The summed E-state index contributed by atoms with van der Waals surface area (Å²) < 4.78 is 4.98. The number of amides is 1. The first-order valence-electron chi connectivity index (χ1n) is 4.95. The number of carbonyl (C=O) groups is 1. The second-order valence-corrected chi connectivity index (χ2v) is 4.20. The van der Waals surface area contributed by atoms with Crippen molar-refractivity contribution in [3.8, 4) is 0 Å². The van der Waals surface area contributed by atoms with E-state index in [0.29, 0.717) is 6.61 Å². The van der Waals surface area contributed by atoms with Crippen LogP contribution in [0.25, 0.3) is 0 Å². The topological polar surface area (TPSA) is 71.2 Å². The summed E-state index contributed by atoms with van der Waals surface area (Å²) >= 11 is 0. The lowest BCUT2D eigenvalue weighted by atomic mass is 10.1. The molecule has 1 amide bonds. The number of methoxy groups -OCH3 is 1. The fourth-order valence-corrected chi connectivity index (χ4v) is 1.35. The molecule has 16 heavy (non-hydrogen) atoms. The van der Waals surface area contributed by atoms with E-state index in [1.54, 1.807) is 13.2 Å². The molecule has 5 nitrogen and oxygen atoms in total. The van der Waals surface area contributed by atoms with Gasteiger partial charge >= 0.3 is 0 Å². The number of hydrogen-bond donors (Lipinski definition) is 2. The minimum Gasteiger partial charge on any atom is -0.382 e. The summed E-state index contributed by atoms with van der Waals surface area (Å²) in [6, 6.07) is 4.45. The Kier molecular flexibility index (Phi) is 3.84. The molecule has 0 saturated heterocycles. The molecular formula is C11H16N2O3. The first kappa shape index (κ1) is 12.4. The number of aromatic amines is 1. The zero-order valence-corrected chi connectivity index (χ0v) is 9.66. The molecule has 0 aromatic carbocycles. The molecule has 1 heterocycles. The number of pyridine rings is 1. The van der Waals surface area contributed by atoms with Gasteiger partial charge in [0.2, 0.25) is 5.56 Å². The van der Waals surface area contributed by atoms with Crippen LogP contribution in [0, 0.1) is 0 Å². The van der Waals surface area contributed by atoms with Crippen LogP contribution in [0.5, 0.6) is 0 Å². The van der Waals surface area contributed by atoms with Crippen molar-refractivity contribution in [3.63, 3.8) is 0 Å². The fourth-order valence-electron chi connectivity index (χ4n) is 1.35. The second kappa shape index (κ2) is 4.94. The molecule has 0 bridgehead atoms. The van der Waals surface area contributed by atoms with Crippen molar-refractivity contribution in [2.45, 2.75) is 19.4 Å². The quantitative estimate of drug-likeness (QED) is 0.783. The average Bonchev–Trinajstić information content (AvgIpc) is 2.16. The summed E-state index contributed by atoms with van der Waals surface area (Å²) in [7, 11) is 1.57. The Balaban J connectivity index is 2.76. The monoisotopic (exact) mass is 224 g/mol. The van der Waals surface area contributed by atoms with E-state index in [-0.39, 0.29) is 17.2 Å². The van der Waals surface area contributed by atoms with E-state index < -0.39 is 5.54 Å². The summed E-state index contributed by atoms with van der Waals surface area (Å²) in [6.07, 6.45) is 0. The molecule has 5 heteroatoms. The largest absolute Gasteiger partial charge is 0.382 e. The van der Waals surface area contributed by atoms with Crippen LogP contribution >= 0.6 is 0 Å². The third kappa shape index (κ3) is 3.51. The van der Waals surface area contributed by atoms with Crippen molar-refractivity contribution in [2.75, 3.05) is 13.7 Å². The predicted octanol–water partition coefficient (Wildman–Crippen LogP) is 0.530. The van der Waals surface area contributed by atoms with Gasteiger partial charge in [-0.2, -0.15) is 0 Å². The molecule has 0 radical (unpaired) electrons. The van der Waals surface area contributed by atoms with Crippen molar-refractivity contribution in [2.24, 2.45) is 0 Å². The maximum atomic E-state index is 11.8. The number of H-pyrrole nitrogens is 1. The highest BCUT2D eigenvalue weighted by molar-refractivity contribution is 5.92. The van der Waals surface area contributed by atoms with Crippen LogP contribution < -0.4 is 10.9 Å². The molecule has 0 fully saturated rings. The predicted molar refractivity (Wildman–Crippen MR) is 60.5 cm³/mol. The van der Waals surface area contributed by atoms with E-state index in [1.165, 1.54) is 12.1 Å². The Morgan fingerprint density at radius 2 is 2.19 bits per heavy atom. The first-order chi connectivity index (χ1) is 7.44. The Hall–Kier alpha value is -1.62. The number of carbonyl (C=O) groups excluding carboxylic acids is 1. The zero-order chi connectivity index (χ0) is 12.2. The van der Waals surface area contributed by atoms with Gasteiger partial charge in [-0.05, 0) is 19.9 Å². The number of hydrogen-bond acceptors (Lipinski definition) is 3. The summed E-state index contributed by atoms with van der Waals surface area (Å²) in [5, 5.41) is 2.77. The molecule has 0 saturated carbocycles. The Labute approximate surface area is 93.8 Å². The normalized spacial score (nSPS) is 11.2. The lowest BCUT2D eigenvalue weighted by Gasteiger charge is -2.25. The van der Waals surface area contributed by atoms with Crippen LogP contribution in [-0.2, 0) is 4.74 Å². The molecule has 1 aromatic heterocycles. The summed E-state index contributed by atoms with van der Waals surface area (Å²) in [4.78, 5) is 25.2. The molecule has 2 N–H and O–H groups in total. The molecule has 0 aliphatic carbocycles. The van der Waals surface area contributed by atoms with Gasteiger partial charge in [0.05, 0.1) is 12.1 Å². The maximum Gasteiger partial charge on any atom is 0.268 e. The van der Waals surface area contributed by atoms with Gasteiger partial charge in [0.1, 0.15) is 5.69 Å². The van der Waals surface area contributed by atoms with Crippen molar-refractivity contribution in [1.29, 1.82) is 0 Å². The molecule has 0 aliphatic heterocycles. The molecular weight excluding hydrogens is 208 g/mol.